The van der Waals surface area contributed by atoms with Crippen LogP contribution in [0.2, 0.25) is 0 Å². The van der Waals surface area contributed by atoms with Gasteiger partial charge in [-0.25, -0.2) is 0 Å². The van der Waals surface area contributed by atoms with Crippen molar-refractivity contribution in [3.63, 3.8) is 0 Å². The average molecular weight is 276 g/mol. The number of hydrogen-bond acceptors (Lipinski definition) is 3. The molecule has 1 aliphatic carbocycles. The number of nitrogens with one attached hydrogen (secondary N) is 1. The molecule has 1 fully saturated rings. The standard InChI is InChI=1S/C16H24N2O2/c1-15(2)13(11-16(15,3)20-4)18-14(19)9-8-12-7-5-6-10-17-12/h5-7,10,13H,8-9,11H2,1-4H3,(H,18,19)/t13-,16-/m0/s1. The fraction of sp³-hybridized carbons (Fsp3) is 0.625. The number of ether oxygens (including phenoxy) is 1. The summed E-state index contributed by atoms with van der Waals surface area (Å²) in [5.41, 5.74) is 0.770. The van der Waals surface area contributed by atoms with Crippen LogP contribution in [-0.4, -0.2) is 29.6 Å². The Bertz CT molecular complexity index is 473. The molecule has 110 valence electrons. The lowest BCUT2D eigenvalue weighted by atomic mass is 9.56. The van der Waals surface area contributed by atoms with Gasteiger partial charge in [-0.1, -0.05) is 19.9 Å². The molecule has 4 nitrogen and oxygen atoms in total. The van der Waals surface area contributed by atoms with Crippen molar-refractivity contribution >= 4 is 5.91 Å². The van der Waals surface area contributed by atoms with E-state index in [1.54, 1.807) is 13.3 Å². The Kier molecular flexibility index (Phi) is 4.14. The lowest BCUT2D eigenvalue weighted by Crippen LogP contribution is -2.68. The van der Waals surface area contributed by atoms with Crippen LogP contribution in [0.5, 0.6) is 0 Å². The number of aryl methyl sites for hydroxylation is 1. The van der Waals surface area contributed by atoms with Crippen molar-refractivity contribution in [2.24, 2.45) is 5.41 Å². The summed E-state index contributed by atoms with van der Waals surface area (Å²) in [6.45, 7) is 6.39. The number of carbonyl (C=O) groups is 1. The number of hydrogen-bond donors (Lipinski definition) is 1. The van der Waals surface area contributed by atoms with Crippen molar-refractivity contribution in [1.29, 1.82) is 0 Å². The van der Waals surface area contributed by atoms with Crippen LogP contribution < -0.4 is 5.32 Å². The Labute approximate surface area is 120 Å². The Morgan fingerprint density at radius 3 is 2.75 bits per heavy atom. The fourth-order valence-corrected chi connectivity index (χ4v) is 2.78. The molecule has 0 saturated heterocycles. The van der Waals surface area contributed by atoms with Crippen LogP contribution in [0.4, 0.5) is 0 Å². The van der Waals surface area contributed by atoms with Gasteiger partial charge in [0.2, 0.25) is 5.91 Å². The lowest BCUT2D eigenvalue weighted by molar-refractivity contribution is -0.182. The van der Waals surface area contributed by atoms with Crippen molar-refractivity contribution in [2.45, 2.75) is 51.7 Å². The van der Waals surface area contributed by atoms with Gasteiger partial charge in [0, 0.05) is 36.9 Å². The Balaban J connectivity index is 1.82. The average Bonchev–Trinajstić information content (AvgIpc) is 2.45. The maximum absolute atomic E-state index is 12.0. The van der Waals surface area contributed by atoms with Crippen LogP contribution in [0.15, 0.2) is 24.4 Å². The molecule has 1 aromatic rings. The Hall–Kier alpha value is -1.42. The summed E-state index contributed by atoms with van der Waals surface area (Å²) >= 11 is 0. The quantitative estimate of drug-likeness (QED) is 0.898. The molecular weight excluding hydrogens is 252 g/mol. The van der Waals surface area contributed by atoms with Gasteiger partial charge in [-0.05, 0) is 31.9 Å². The summed E-state index contributed by atoms with van der Waals surface area (Å²) in [5, 5.41) is 3.12. The third kappa shape index (κ3) is 2.70. The van der Waals surface area contributed by atoms with E-state index in [9.17, 15) is 4.79 Å². The molecule has 0 unspecified atom stereocenters. The number of methoxy groups -OCH3 is 1. The van der Waals surface area contributed by atoms with Crippen LogP contribution in [0.1, 0.15) is 39.3 Å². The molecule has 1 aromatic heterocycles. The molecule has 0 bridgehead atoms. The minimum Gasteiger partial charge on any atom is -0.378 e. The maximum atomic E-state index is 12.0. The predicted molar refractivity (Wildman–Crippen MR) is 78.3 cm³/mol. The van der Waals surface area contributed by atoms with Crippen molar-refractivity contribution < 1.29 is 9.53 Å². The normalized spacial score (nSPS) is 27.7. The van der Waals surface area contributed by atoms with Gasteiger partial charge in [0.05, 0.1) is 5.60 Å². The van der Waals surface area contributed by atoms with Gasteiger partial charge < -0.3 is 10.1 Å². The highest BCUT2D eigenvalue weighted by atomic mass is 16.5. The highest BCUT2D eigenvalue weighted by molar-refractivity contribution is 5.76. The molecule has 1 aliphatic rings. The fourth-order valence-electron chi connectivity index (χ4n) is 2.78. The maximum Gasteiger partial charge on any atom is 0.220 e. The first kappa shape index (κ1) is 15.0. The second-order valence-electron chi connectivity index (χ2n) is 6.30. The molecule has 0 radical (unpaired) electrons. The number of carbonyl (C=O) groups excluding carboxylic acids is 1. The zero-order valence-electron chi connectivity index (χ0n) is 12.8. The molecule has 0 spiro atoms. The molecule has 1 N–H and O–H groups in total. The van der Waals surface area contributed by atoms with Gasteiger partial charge in [-0.3, -0.25) is 9.78 Å². The first-order valence-electron chi connectivity index (χ1n) is 7.13. The highest BCUT2D eigenvalue weighted by Gasteiger charge is 2.58. The minimum atomic E-state index is -0.147. The number of aromatic nitrogens is 1. The number of nitrogens with zero attached hydrogens (tertiary/aromatic N) is 1. The molecule has 20 heavy (non-hydrogen) atoms. The van der Waals surface area contributed by atoms with Gasteiger partial charge in [0.1, 0.15) is 0 Å². The van der Waals surface area contributed by atoms with E-state index >= 15 is 0 Å². The summed E-state index contributed by atoms with van der Waals surface area (Å²) in [6.07, 6.45) is 3.78. The molecule has 2 rings (SSSR count). The zero-order valence-corrected chi connectivity index (χ0v) is 12.8. The van der Waals surface area contributed by atoms with Gasteiger partial charge >= 0.3 is 0 Å². The lowest BCUT2D eigenvalue weighted by Gasteiger charge is -2.59. The molecule has 1 saturated carbocycles. The number of rotatable bonds is 5. The molecule has 1 heterocycles. The summed E-state index contributed by atoms with van der Waals surface area (Å²) < 4.78 is 5.57. The molecule has 0 aliphatic heterocycles. The van der Waals surface area contributed by atoms with Crippen LogP contribution in [0.25, 0.3) is 0 Å². The van der Waals surface area contributed by atoms with Crippen molar-refractivity contribution in [3.8, 4) is 0 Å². The van der Waals surface area contributed by atoms with E-state index < -0.39 is 0 Å². The largest absolute Gasteiger partial charge is 0.378 e. The summed E-state index contributed by atoms with van der Waals surface area (Å²) in [7, 11) is 1.74. The van der Waals surface area contributed by atoms with Crippen LogP contribution in [0, 0.1) is 5.41 Å². The van der Waals surface area contributed by atoms with Crippen molar-refractivity contribution in [3.05, 3.63) is 30.1 Å². The van der Waals surface area contributed by atoms with Crippen LogP contribution in [0.3, 0.4) is 0 Å². The first-order valence-corrected chi connectivity index (χ1v) is 7.13. The molecular formula is C16H24N2O2. The molecule has 1 amide bonds. The third-order valence-electron chi connectivity index (χ3n) is 4.95. The summed E-state index contributed by atoms with van der Waals surface area (Å²) in [5.74, 6) is 0.0897. The number of amides is 1. The first-order chi connectivity index (χ1) is 9.39. The van der Waals surface area contributed by atoms with E-state index in [0.29, 0.717) is 12.8 Å². The van der Waals surface area contributed by atoms with Gasteiger partial charge in [0.15, 0.2) is 0 Å². The molecule has 2 atom stereocenters. The predicted octanol–water partition coefficient (Wildman–Crippen LogP) is 2.33. The van der Waals surface area contributed by atoms with E-state index in [-0.39, 0.29) is 23.0 Å². The van der Waals surface area contributed by atoms with Gasteiger partial charge in [-0.15, -0.1) is 0 Å². The van der Waals surface area contributed by atoms with Crippen LogP contribution >= 0.6 is 0 Å². The Morgan fingerprint density at radius 2 is 2.20 bits per heavy atom. The minimum absolute atomic E-state index is 0.0393. The van der Waals surface area contributed by atoms with E-state index in [4.69, 9.17) is 4.74 Å². The van der Waals surface area contributed by atoms with Gasteiger partial charge in [-0.2, -0.15) is 0 Å². The highest BCUT2D eigenvalue weighted by Crippen LogP contribution is 2.51. The monoisotopic (exact) mass is 276 g/mol. The SMILES string of the molecule is CO[C@@]1(C)C[C@H](NC(=O)CCc2ccccn2)C1(C)C. The van der Waals surface area contributed by atoms with Crippen LogP contribution in [-0.2, 0) is 16.0 Å². The number of pyridine rings is 1. The zero-order chi connectivity index (χ0) is 14.8. The summed E-state index contributed by atoms with van der Waals surface area (Å²) in [4.78, 5) is 16.3. The second kappa shape index (κ2) is 5.52. The van der Waals surface area contributed by atoms with E-state index in [1.165, 1.54) is 0 Å². The van der Waals surface area contributed by atoms with Crippen molar-refractivity contribution in [1.82, 2.24) is 10.3 Å². The van der Waals surface area contributed by atoms with E-state index in [1.807, 2.05) is 18.2 Å². The van der Waals surface area contributed by atoms with Gasteiger partial charge in [0.25, 0.3) is 0 Å². The smallest absolute Gasteiger partial charge is 0.220 e. The summed E-state index contributed by atoms with van der Waals surface area (Å²) in [6, 6.07) is 5.96. The third-order valence-corrected chi connectivity index (χ3v) is 4.95. The molecule has 0 aromatic carbocycles. The van der Waals surface area contributed by atoms with E-state index in [0.717, 1.165) is 12.1 Å². The Morgan fingerprint density at radius 1 is 1.45 bits per heavy atom. The molecule has 4 heteroatoms. The second-order valence-corrected chi connectivity index (χ2v) is 6.30. The van der Waals surface area contributed by atoms with Crippen molar-refractivity contribution in [2.75, 3.05) is 7.11 Å². The van der Waals surface area contributed by atoms with E-state index in [2.05, 4.69) is 31.1 Å². The topological polar surface area (TPSA) is 51.2 Å².